The number of carbonyl (C=O) groups excluding carboxylic acids is 1. The number of anilines is 2. The number of amides is 1. The van der Waals surface area contributed by atoms with Crippen molar-refractivity contribution in [2.24, 2.45) is 0 Å². The van der Waals surface area contributed by atoms with Crippen molar-refractivity contribution < 1.29 is 9.90 Å². The van der Waals surface area contributed by atoms with Gasteiger partial charge in [-0.2, -0.15) is 0 Å². The van der Waals surface area contributed by atoms with Crippen LogP contribution in [0.4, 0.5) is 11.4 Å². The van der Waals surface area contributed by atoms with E-state index in [0.29, 0.717) is 22.9 Å². The molecule has 1 amide bonds. The number of carbonyl (C=O) groups is 1. The summed E-state index contributed by atoms with van der Waals surface area (Å²) >= 11 is 11.6. The number of halogens is 2. The summed E-state index contributed by atoms with van der Waals surface area (Å²) < 4.78 is 0. The second-order valence-electron chi connectivity index (χ2n) is 4.49. The van der Waals surface area contributed by atoms with Crippen molar-refractivity contribution in [3.63, 3.8) is 0 Å². The van der Waals surface area contributed by atoms with E-state index < -0.39 is 0 Å². The maximum Gasteiger partial charge on any atom is 0.272 e. The van der Waals surface area contributed by atoms with Gasteiger partial charge < -0.3 is 20.3 Å². The van der Waals surface area contributed by atoms with Crippen molar-refractivity contribution in [2.45, 2.75) is 0 Å². The number of nitrogens with one attached hydrogen (secondary N) is 2. The van der Waals surface area contributed by atoms with Gasteiger partial charge in [-0.1, -0.05) is 23.2 Å². The summed E-state index contributed by atoms with van der Waals surface area (Å²) in [6.45, 7) is 0.633. The van der Waals surface area contributed by atoms with Crippen LogP contribution < -0.4 is 10.2 Å². The molecule has 0 unspecified atom stereocenters. The average Bonchev–Trinajstić information content (AvgIpc) is 2.80. The predicted octanol–water partition coefficient (Wildman–Crippen LogP) is 3.00. The predicted molar refractivity (Wildman–Crippen MR) is 85.6 cm³/mol. The summed E-state index contributed by atoms with van der Waals surface area (Å²) in [5, 5.41) is 12.2. The summed E-state index contributed by atoms with van der Waals surface area (Å²) in [6.07, 6.45) is 0. The molecule has 0 saturated heterocycles. The molecule has 3 N–H and O–H groups in total. The minimum Gasteiger partial charge on any atom is -0.395 e. The zero-order valence-corrected chi connectivity index (χ0v) is 12.9. The van der Waals surface area contributed by atoms with Crippen molar-refractivity contribution in [1.82, 2.24) is 4.98 Å². The van der Waals surface area contributed by atoms with Gasteiger partial charge in [0.2, 0.25) is 0 Å². The monoisotopic (exact) mass is 327 g/mol. The van der Waals surface area contributed by atoms with Crippen LogP contribution in [0.5, 0.6) is 0 Å². The summed E-state index contributed by atoms with van der Waals surface area (Å²) in [4.78, 5) is 16.6. The number of rotatable bonds is 5. The Labute approximate surface area is 132 Å². The molecule has 0 spiro atoms. The van der Waals surface area contributed by atoms with E-state index in [1.807, 2.05) is 24.1 Å². The van der Waals surface area contributed by atoms with Gasteiger partial charge in [-0.15, -0.1) is 0 Å². The fraction of sp³-hybridized carbons (Fsp3) is 0.214. The van der Waals surface area contributed by atoms with E-state index in [0.717, 1.165) is 5.69 Å². The second kappa shape index (κ2) is 6.85. The molecule has 1 aromatic heterocycles. The first-order valence-corrected chi connectivity index (χ1v) is 7.04. The zero-order valence-electron chi connectivity index (χ0n) is 11.4. The molecule has 1 aromatic carbocycles. The van der Waals surface area contributed by atoms with Crippen molar-refractivity contribution in [3.8, 4) is 0 Å². The standard InChI is InChI=1S/C14H15Cl2N3O2/c1-19(6-7-20)10-4-2-9(3-5-10)17-14(21)12-8-11(15)13(16)18-12/h2-5,8,18,20H,6-7H2,1H3,(H,17,21). The number of aliphatic hydroxyl groups is 1. The topological polar surface area (TPSA) is 68.4 Å². The molecule has 0 aliphatic rings. The third-order valence-electron chi connectivity index (χ3n) is 2.97. The molecule has 0 radical (unpaired) electrons. The summed E-state index contributed by atoms with van der Waals surface area (Å²) in [5.74, 6) is -0.319. The molecule has 0 bridgehead atoms. The minimum absolute atomic E-state index is 0.0866. The lowest BCUT2D eigenvalue weighted by Crippen LogP contribution is -2.21. The number of hydrogen-bond donors (Lipinski definition) is 3. The van der Waals surface area contributed by atoms with Gasteiger partial charge in [0.05, 0.1) is 11.6 Å². The lowest BCUT2D eigenvalue weighted by atomic mass is 10.2. The molecule has 7 heteroatoms. The highest BCUT2D eigenvalue weighted by atomic mass is 35.5. The van der Waals surface area contributed by atoms with Gasteiger partial charge in [-0.25, -0.2) is 0 Å². The van der Waals surface area contributed by atoms with Gasteiger partial charge in [0.25, 0.3) is 5.91 Å². The Hall–Kier alpha value is -1.69. The molecular formula is C14H15Cl2N3O2. The Balaban J connectivity index is 2.04. The number of hydrogen-bond acceptors (Lipinski definition) is 3. The number of H-pyrrole nitrogens is 1. The van der Waals surface area contributed by atoms with Crippen molar-refractivity contribution >= 4 is 40.5 Å². The molecule has 5 nitrogen and oxygen atoms in total. The molecular weight excluding hydrogens is 313 g/mol. The van der Waals surface area contributed by atoms with Crippen LogP contribution in [-0.4, -0.2) is 36.2 Å². The Morgan fingerprint density at radius 2 is 2.00 bits per heavy atom. The Morgan fingerprint density at radius 1 is 1.33 bits per heavy atom. The normalized spacial score (nSPS) is 10.5. The summed E-state index contributed by atoms with van der Waals surface area (Å²) in [6, 6.07) is 8.77. The third kappa shape index (κ3) is 3.91. The van der Waals surface area contributed by atoms with Gasteiger partial charge in [-0.05, 0) is 30.3 Å². The number of benzene rings is 1. The Bertz CT molecular complexity index is 606. The van der Waals surface area contributed by atoms with Crippen LogP contribution in [0.2, 0.25) is 10.2 Å². The van der Waals surface area contributed by atoms with E-state index in [4.69, 9.17) is 28.3 Å². The fourth-order valence-electron chi connectivity index (χ4n) is 1.80. The van der Waals surface area contributed by atoms with E-state index in [1.165, 1.54) is 6.07 Å². The molecule has 0 aliphatic carbocycles. The number of aromatic nitrogens is 1. The van der Waals surface area contributed by atoms with E-state index in [1.54, 1.807) is 12.1 Å². The summed E-state index contributed by atoms with van der Waals surface area (Å²) in [5.41, 5.74) is 1.91. The van der Waals surface area contributed by atoms with Crippen LogP contribution in [0.3, 0.4) is 0 Å². The molecule has 21 heavy (non-hydrogen) atoms. The molecule has 0 saturated carbocycles. The highest BCUT2D eigenvalue weighted by molar-refractivity contribution is 6.41. The van der Waals surface area contributed by atoms with Crippen LogP contribution in [0.15, 0.2) is 30.3 Å². The number of nitrogens with zero attached hydrogens (tertiary/aromatic N) is 1. The van der Waals surface area contributed by atoms with Crippen molar-refractivity contribution in [2.75, 3.05) is 30.4 Å². The number of likely N-dealkylation sites (N-methyl/N-ethyl adjacent to an activating group) is 1. The first-order valence-electron chi connectivity index (χ1n) is 6.28. The van der Waals surface area contributed by atoms with Crippen LogP contribution in [0, 0.1) is 0 Å². The highest BCUT2D eigenvalue weighted by Crippen LogP contribution is 2.23. The smallest absolute Gasteiger partial charge is 0.272 e. The fourth-order valence-corrected chi connectivity index (χ4v) is 2.12. The molecule has 0 atom stereocenters. The first kappa shape index (κ1) is 15.7. The number of aromatic amines is 1. The van der Waals surface area contributed by atoms with E-state index in [9.17, 15) is 4.79 Å². The van der Waals surface area contributed by atoms with E-state index in [-0.39, 0.29) is 17.7 Å². The average molecular weight is 328 g/mol. The van der Waals surface area contributed by atoms with Crippen LogP contribution in [0.1, 0.15) is 10.5 Å². The zero-order chi connectivity index (χ0) is 15.4. The van der Waals surface area contributed by atoms with Crippen molar-refractivity contribution in [3.05, 3.63) is 46.2 Å². The lowest BCUT2D eigenvalue weighted by Gasteiger charge is -2.18. The van der Waals surface area contributed by atoms with Gasteiger partial charge >= 0.3 is 0 Å². The minimum atomic E-state index is -0.319. The van der Waals surface area contributed by atoms with E-state index in [2.05, 4.69) is 10.3 Å². The van der Waals surface area contributed by atoms with Gasteiger partial charge in [0.1, 0.15) is 10.8 Å². The summed E-state index contributed by atoms with van der Waals surface area (Å²) in [7, 11) is 1.88. The van der Waals surface area contributed by atoms with Gasteiger partial charge in [0.15, 0.2) is 0 Å². The van der Waals surface area contributed by atoms with Gasteiger partial charge in [0, 0.05) is 25.0 Å². The van der Waals surface area contributed by atoms with Gasteiger partial charge in [-0.3, -0.25) is 4.79 Å². The van der Waals surface area contributed by atoms with Crippen LogP contribution in [0.25, 0.3) is 0 Å². The van der Waals surface area contributed by atoms with Crippen LogP contribution in [-0.2, 0) is 0 Å². The van der Waals surface area contributed by atoms with Crippen molar-refractivity contribution in [1.29, 1.82) is 0 Å². The maximum atomic E-state index is 12.0. The Kier molecular flexibility index (Phi) is 5.12. The highest BCUT2D eigenvalue weighted by Gasteiger charge is 2.11. The SMILES string of the molecule is CN(CCO)c1ccc(NC(=O)c2cc(Cl)c(Cl)[nH]2)cc1. The lowest BCUT2D eigenvalue weighted by molar-refractivity contribution is 0.102. The van der Waals surface area contributed by atoms with E-state index >= 15 is 0 Å². The first-order chi connectivity index (χ1) is 10.0. The molecule has 0 fully saturated rings. The maximum absolute atomic E-state index is 12.0. The molecule has 1 heterocycles. The number of aliphatic hydroxyl groups excluding tert-OH is 1. The molecule has 112 valence electrons. The Morgan fingerprint density at radius 3 is 2.52 bits per heavy atom. The second-order valence-corrected chi connectivity index (χ2v) is 5.28. The quantitative estimate of drug-likeness (QED) is 0.790. The van der Waals surface area contributed by atoms with Crippen LogP contribution >= 0.6 is 23.2 Å². The largest absolute Gasteiger partial charge is 0.395 e. The third-order valence-corrected chi connectivity index (χ3v) is 3.66. The molecule has 2 aromatic rings. The molecule has 0 aliphatic heterocycles. The molecule has 2 rings (SSSR count).